The number of amides is 1. The molecule has 0 aliphatic heterocycles. The number of carbonyl (C=O) groups is 1. The Morgan fingerprint density at radius 1 is 1.32 bits per heavy atom. The SMILES string of the molecule is COc1cccc(OCCCNC(=O)CC(CN)OC)c1.Cl. The first-order valence-corrected chi connectivity index (χ1v) is 6.96. The Kier molecular flexibility index (Phi) is 11.3. The predicted octanol–water partition coefficient (Wildman–Crippen LogP) is 1.37. The number of benzene rings is 1. The summed E-state index contributed by atoms with van der Waals surface area (Å²) in [6.45, 7) is 1.42. The summed E-state index contributed by atoms with van der Waals surface area (Å²) in [6.07, 6.45) is 0.783. The van der Waals surface area contributed by atoms with Crippen LogP contribution in [0.2, 0.25) is 0 Å². The van der Waals surface area contributed by atoms with Crippen molar-refractivity contribution >= 4 is 18.3 Å². The van der Waals surface area contributed by atoms with Crippen LogP contribution in [0.1, 0.15) is 12.8 Å². The van der Waals surface area contributed by atoms with Gasteiger partial charge in [-0.2, -0.15) is 0 Å². The van der Waals surface area contributed by atoms with E-state index in [0.717, 1.165) is 17.9 Å². The first-order chi connectivity index (χ1) is 10.2. The van der Waals surface area contributed by atoms with Crippen LogP contribution in [-0.4, -0.2) is 45.9 Å². The van der Waals surface area contributed by atoms with Crippen molar-refractivity contribution in [3.8, 4) is 11.5 Å². The monoisotopic (exact) mass is 332 g/mol. The zero-order valence-corrected chi connectivity index (χ0v) is 13.9. The van der Waals surface area contributed by atoms with Crippen LogP contribution in [0.4, 0.5) is 0 Å². The van der Waals surface area contributed by atoms with Gasteiger partial charge in [0.15, 0.2) is 0 Å². The Bertz CT molecular complexity index is 428. The third-order valence-electron chi connectivity index (χ3n) is 2.96. The summed E-state index contributed by atoms with van der Waals surface area (Å²) >= 11 is 0. The van der Waals surface area contributed by atoms with E-state index in [2.05, 4.69) is 5.32 Å². The lowest BCUT2D eigenvalue weighted by molar-refractivity contribution is -0.123. The van der Waals surface area contributed by atoms with Crippen LogP contribution in [0.15, 0.2) is 24.3 Å². The molecule has 0 heterocycles. The Labute approximate surface area is 137 Å². The van der Waals surface area contributed by atoms with Gasteiger partial charge in [-0.25, -0.2) is 0 Å². The van der Waals surface area contributed by atoms with E-state index in [1.165, 1.54) is 0 Å². The van der Waals surface area contributed by atoms with Crippen LogP contribution in [0, 0.1) is 0 Å². The molecule has 0 saturated heterocycles. The van der Waals surface area contributed by atoms with Gasteiger partial charge in [-0.3, -0.25) is 4.79 Å². The van der Waals surface area contributed by atoms with E-state index in [-0.39, 0.29) is 30.8 Å². The third-order valence-corrected chi connectivity index (χ3v) is 2.96. The summed E-state index contributed by atoms with van der Waals surface area (Å²) < 4.78 is 15.7. The smallest absolute Gasteiger partial charge is 0.222 e. The van der Waals surface area contributed by atoms with Crippen LogP contribution >= 0.6 is 12.4 Å². The molecule has 0 bridgehead atoms. The maximum atomic E-state index is 11.6. The minimum absolute atomic E-state index is 0. The van der Waals surface area contributed by atoms with Crippen molar-refractivity contribution in [2.75, 3.05) is 33.9 Å². The normalized spacial score (nSPS) is 11.2. The van der Waals surface area contributed by atoms with Gasteiger partial charge in [-0.05, 0) is 18.6 Å². The van der Waals surface area contributed by atoms with Crippen LogP contribution in [-0.2, 0) is 9.53 Å². The van der Waals surface area contributed by atoms with Gasteiger partial charge in [0.05, 0.1) is 26.2 Å². The molecule has 0 spiro atoms. The maximum Gasteiger partial charge on any atom is 0.222 e. The van der Waals surface area contributed by atoms with Gasteiger partial charge in [-0.1, -0.05) is 6.07 Å². The molecule has 6 nitrogen and oxygen atoms in total. The number of nitrogens with two attached hydrogens (primary N) is 1. The van der Waals surface area contributed by atoms with E-state index < -0.39 is 0 Å². The number of methoxy groups -OCH3 is 2. The van der Waals surface area contributed by atoms with E-state index in [1.54, 1.807) is 14.2 Å². The van der Waals surface area contributed by atoms with E-state index in [1.807, 2.05) is 24.3 Å². The van der Waals surface area contributed by atoms with Gasteiger partial charge < -0.3 is 25.3 Å². The predicted molar refractivity (Wildman–Crippen MR) is 87.8 cm³/mol. The fourth-order valence-electron chi connectivity index (χ4n) is 1.72. The van der Waals surface area contributed by atoms with Crippen LogP contribution < -0.4 is 20.5 Å². The molecule has 126 valence electrons. The molecule has 1 rings (SSSR count). The molecule has 1 aromatic rings. The van der Waals surface area contributed by atoms with Crippen LogP contribution in [0.3, 0.4) is 0 Å². The lowest BCUT2D eigenvalue weighted by atomic mass is 10.2. The topological polar surface area (TPSA) is 82.8 Å². The zero-order chi connectivity index (χ0) is 15.5. The van der Waals surface area contributed by atoms with Crippen LogP contribution in [0.5, 0.6) is 11.5 Å². The summed E-state index contributed by atoms with van der Waals surface area (Å²) in [7, 11) is 3.16. The number of nitrogens with one attached hydrogen (secondary N) is 1. The lowest BCUT2D eigenvalue weighted by Crippen LogP contribution is -2.33. The standard InChI is InChI=1S/C15H24N2O4.ClH/c1-19-12-5-3-6-13(9-12)21-8-4-7-17-15(18)10-14(11-16)20-2;/h3,5-6,9,14H,4,7-8,10-11,16H2,1-2H3,(H,17,18);1H. The fourth-order valence-corrected chi connectivity index (χ4v) is 1.72. The molecule has 1 aromatic carbocycles. The van der Waals surface area contributed by atoms with Crippen molar-refractivity contribution in [1.82, 2.24) is 5.32 Å². The highest BCUT2D eigenvalue weighted by Gasteiger charge is 2.10. The molecule has 0 saturated carbocycles. The molecular weight excluding hydrogens is 308 g/mol. The van der Waals surface area contributed by atoms with Gasteiger partial charge in [0.25, 0.3) is 0 Å². The average Bonchev–Trinajstić information content (AvgIpc) is 2.52. The molecule has 0 aliphatic rings. The quantitative estimate of drug-likeness (QED) is 0.632. The van der Waals surface area contributed by atoms with Crippen LogP contribution in [0.25, 0.3) is 0 Å². The highest BCUT2D eigenvalue weighted by Crippen LogP contribution is 2.18. The van der Waals surface area contributed by atoms with Crippen molar-refractivity contribution in [1.29, 1.82) is 0 Å². The minimum Gasteiger partial charge on any atom is -0.497 e. The van der Waals surface area contributed by atoms with E-state index >= 15 is 0 Å². The molecule has 7 heteroatoms. The molecule has 0 aromatic heterocycles. The van der Waals surface area contributed by atoms with Gasteiger partial charge in [0.1, 0.15) is 11.5 Å². The Balaban J connectivity index is 0.00000441. The molecule has 0 radical (unpaired) electrons. The Morgan fingerprint density at radius 2 is 2.05 bits per heavy atom. The molecular formula is C15H25ClN2O4. The van der Waals surface area contributed by atoms with Gasteiger partial charge in [0.2, 0.25) is 5.91 Å². The summed E-state index contributed by atoms with van der Waals surface area (Å²) in [5, 5.41) is 2.81. The molecule has 1 atom stereocenters. The fraction of sp³-hybridized carbons (Fsp3) is 0.533. The highest BCUT2D eigenvalue weighted by atomic mass is 35.5. The van der Waals surface area contributed by atoms with Crippen molar-refractivity contribution in [2.45, 2.75) is 18.9 Å². The van der Waals surface area contributed by atoms with E-state index in [4.69, 9.17) is 19.9 Å². The number of halogens is 1. The number of ether oxygens (including phenoxy) is 3. The summed E-state index contributed by atoms with van der Waals surface area (Å²) in [4.78, 5) is 11.6. The first kappa shape index (κ1) is 20.5. The zero-order valence-electron chi connectivity index (χ0n) is 13.0. The van der Waals surface area contributed by atoms with Crippen molar-refractivity contribution < 1.29 is 19.0 Å². The minimum atomic E-state index is -0.224. The Morgan fingerprint density at radius 3 is 2.68 bits per heavy atom. The van der Waals surface area contributed by atoms with Crippen molar-refractivity contribution in [3.63, 3.8) is 0 Å². The molecule has 1 amide bonds. The molecule has 1 unspecified atom stereocenters. The second-order valence-corrected chi connectivity index (χ2v) is 4.53. The largest absolute Gasteiger partial charge is 0.497 e. The first-order valence-electron chi connectivity index (χ1n) is 6.96. The van der Waals surface area contributed by atoms with Gasteiger partial charge in [-0.15, -0.1) is 12.4 Å². The molecule has 22 heavy (non-hydrogen) atoms. The summed E-state index contributed by atoms with van der Waals surface area (Å²) in [5.41, 5.74) is 5.46. The number of rotatable bonds is 10. The summed E-state index contributed by atoms with van der Waals surface area (Å²) in [6, 6.07) is 7.42. The molecule has 0 fully saturated rings. The molecule has 3 N–H and O–H groups in total. The third kappa shape index (κ3) is 8.07. The van der Waals surface area contributed by atoms with E-state index in [0.29, 0.717) is 19.7 Å². The van der Waals surface area contributed by atoms with Gasteiger partial charge in [0, 0.05) is 26.3 Å². The van der Waals surface area contributed by atoms with E-state index in [9.17, 15) is 4.79 Å². The number of carbonyl (C=O) groups excluding carboxylic acids is 1. The van der Waals surface area contributed by atoms with Crippen molar-refractivity contribution in [2.24, 2.45) is 5.73 Å². The number of hydrogen-bond acceptors (Lipinski definition) is 5. The van der Waals surface area contributed by atoms with Gasteiger partial charge >= 0.3 is 0 Å². The summed E-state index contributed by atoms with van der Waals surface area (Å²) in [5.74, 6) is 1.45. The number of hydrogen-bond donors (Lipinski definition) is 2. The Hall–Kier alpha value is -1.50. The second kappa shape index (κ2) is 12.1. The maximum absolute atomic E-state index is 11.6. The average molecular weight is 333 g/mol. The second-order valence-electron chi connectivity index (χ2n) is 4.53. The lowest BCUT2D eigenvalue weighted by Gasteiger charge is -2.12. The molecule has 0 aliphatic carbocycles. The van der Waals surface area contributed by atoms with Crippen molar-refractivity contribution in [3.05, 3.63) is 24.3 Å². The highest BCUT2D eigenvalue weighted by molar-refractivity contribution is 5.85.